The smallest absolute Gasteiger partial charge is 0.233 e. The molecule has 1 aromatic carbocycles. The van der Waals surface area contributed by atoms with E-state index < -0.39 is 17.5 Å². The Labute approximate surface area is 86.3 Å². The molecule has 1 unspecified atom stereocenters. The zero-order chi connectivity index (χ0) is 11.6. The molecule has 0 aliphatic rings. The fourth-order valence-corrected chi connectivity index (χ4v) is 1.08. The quantitative estimate of drug-likeness (QED) is 0.654. The lowest BCUT2D eigenvalue weighted by atomic mass is 10.1. The first-order chi connectivity index (χ1) is 6.85. The second-order valence-electron chi connectivity index (χ2n) is 2.34. The van der Waals surface area contributed by atoms with E-state index in [2.05, 4.69) is 15.9 Å². The minimum atomic E-state index is -2.88. The fraction of sp³-hybridized carbons (Fsp3) is 0.250. The van der Waals surface area contributed by atoms with Gasteiger partial charge < -0.3 is 5.11 Å². The molecule has 0 bridgehead atoms. The van der Waals surface area contributed by atoms with Crippen LogP contribution >= 0.6 is 15.9 Å². The first-order valence-electron chi connectivity index (χ1n) is 4.43. The number of aliphatic hydroxyl groups is 1. The van der Waals surface area contributed by atoms with E-state index in [0.717, 1.165) is 4.47 Å². The minimum Gasteiger partial charge on any atom is -0.382 e. The van der Waals surface area contributed by atoms with Gasteiger partial charge in [-0.2, -0.15) is 0 Å². The van der Waals surface area contributed by atoms with E-state index >= 15 is 0 Å². The van der Waals surface area contributed by atoms with Crippen molar-refractivity contribution in [2.45, 2.75) is 6.10 Å². The number of nitro groups is 1. The highest BCUT2D eigenvalue weighted by Crippen LogP contribution is 2.16. The van der Waals surface area contributed by atoms with Crippen LogP contribution in [0.3, 0.4) is 0 Å². The zero-order valence-electron chi connectivity index (χ0n) is 8.48. The van der Waals surface area contributed by atoms with Gasteiger partial charge in [0.25, 0.3) is 0 Å². The second-order valence-corrected chi connectivity index (χ2v) is 3.26. The van der Waals surface area contributed by atoms with Crippen LogP contribution in [0.5, 0.6) is 0 Å². The third kappa shape index (κ3) is 3.12. The van der Waals surface area contributed by atoms with Crippen LogP contribution in [0.15, 0.2) is 28.7 Å². The van der Waals surface area contributed by atoms with Crippen LogP contribution in [0.25, 0.3) is 0 Å². The van der Waals surface area contributed by atoms with E-state index in [4.69, 9.17) is 2.74 Å². The molecule has 0 fully saturated rings. The molecular formula is C8H8BrNO3. The van der Waals surface area contributed by atoms with Crippen LogP contribution in [-0.2, 0) is 0 Å². The van der Waals surface area contributed by atoms with Crippen LogP contribution in [0.4, 0.5) is 0 Å². The molecule has 1 atom stereocenters. The minimum absolute atomic E-state index is 0.167. The summed E-state index contributed by atoms with van der Waals surface area (Å²) in [6, 6.07) is 6.01. The molecule has 0 aliphatic carbocycles. The molecule has 0 heterocycles. The summed E-state index contributed by atoms with van der Waals surface area (Å²) in [7, 11) is 0. The molecule has 13 heavy (non-hydrogen) atoms. The third-order valence-corrected chi connectivity index (χ3v) is 1.94. The van der Waals surface area contributed by atoms with Gasteiger partial charge in [-0.3, -0.25) is 10.1 Å². The topological polar surface area (TPSA) is 63.4 Å². The van der Waals surface area contributed by atoms with Crippen molar-refractivity contribution in [1.82, 2.24) is 0 Å². The van der Waals surface area contributed by atoms with Crippen molar-refractivity contribution in [3.8, 4) is 0 Å². The van der Waals surface area contributed by atoms with Crippen LogP contribution in [0.2, 0.25) is 0 Å². The van der Waals surface area contributed by atoms with Crippen molar-refractivity contribution in [1.29, 1.82) is 0 Å². The number of aliphatic hydroxyl groups excluding tert-OH is 1. The number of hydrogen-bond donors (Lipinski definition) is 1. The van der Waals surface area contributed by atoms with Crippen molar-refractivity contribution in [2.24, 2.45) is 0 Å². The molecule has 1 N–H and O–H groups in total. The van der Waals surface area contributed by atoms with Crippen molar-refractivity contribution in [3.63, 3.8) is 0 Å². The summed E-state index contributed by atoms with van der Waals surface area (Å²) in [6.07, 6.45) is -1.78. The van der Waals surface area contributed by atoms with E-state index in [9.17, 15) is 15.2 Å². The number of nitrogens with zero attached hydrogens (tertiary/aromatic N) is 1. The molecule has 0 saturated carbocycles. The molecule has 70 valence electrons. The molecule has 1 rings (SSSR count). The summed E-state index contributed by atoms with van der Waals surface area (Å²) < 4.78 is 14.9. The highest BCUT2D eigenvalue weighted by atomic mass is 79.9. The van der Waals surface area contributed by atoms with Gasteiger partial charge in [0.1, 0.15) is 8.85 Å². The molecule has 0 aromatic heterocycles. The summed E-state index contributed by atoms with van der Waals surface area (Å²) in [5.74, 6) is 0. The van der Waals surface area contributed by atoms with Gasteiger partial charge in [0.05, 0.1) is 0 Å². The van der Waals surface area contributed by atoms with E-state index in [1.54, 1.807) is 12.1 Å². The van der Waals surface area contributed by atoms with E-state index in [0.29, 0.717) is 0 Å². The first-order valence-corrected chi connectivity index (χ1v) is 4.23. The maximum Gasteiger partial charge on any atom is 0.233 e. The summed E-state index contributed by atoms with van der Waals surface area (Å²) in [6.45, 7) is -2.88. The van der Waals surface area contributed by atoms with Crippen LogP contribution in [0, 0.1) is 10.1 Å². The number of benzene rings is 1. The van der Waals surface area contributed by atoms with E-state index in [-0.39, 0.29) is 5.56 Å². The number of rotatable bonds is 3. The highest BCUT2D eigenvalue weighted by molar-refractivity contribution is 9.10. The Morgan fingerprint density at radius 1 is 1.62 bits per heavy atom. The Kier molecular flexibility index (Phi) is 2.49. The molecular weight excluding hydrogens is 238 g/mol. The van der Waals surface area contributed by atoms with Gasteiger partial charge in [0.2, 0.25) is 6.50 Å². The molecule has 0 aliphatic heterocycles. The molecule has 1 aromatic rings. The molecule has 5 heteroatoms. The lowest BCUT2D eigenvalue weighted by Crippen LogP contribution is -2.11. The number of halogens is 1. The zero-order valence-corrected chi connectivity index (χ0v) is 8.06. The van der Waals surface area contributed by atoms with Crippen molar-refractivity contribution in [3.05, 3.63) is 44.4 Å². The van der Waals surface area contributed by atoms with Gasteiger partial charge in [0.15, 0.2) is 0 Å². The SMILES string of the molecule is [2H]C([2H])(C(O)c1ccc(Br)cc1)[N+](=O)[O-]. The van der Waals surface area contributed by atoms with E-state index in [1.165, 1.54) is 12.1 Å². The summed E-state index contributed by atoms with van der Waals surface area (Å²) in [5.41, 5.74) is 0.167. The fourth-order valence-electron chi connectivity index (χ4n) is 0.819. The predicted octanol–water partition coefficient (Wildman–Crippen LogP) is 1.76. The van der Waals surface area contributed by atoms with Gasteiger partial charge in [0, 0.05) is 9.40 Å². The van der Waals surface area contributed by atoms with Crippen molar-refractivity contribution in [2.75, 3.05) is 6.50 Å². The first kappa shape index (κ1) is 7.46. The standard InChI is InChI=1S/C8H8BrNO3/c9-7-3-1-6(2-4-7)8(11)5-10(12)13/h1-4,8,11H,5H2/i5D2. The Hall–Kier alpha value is -0.940. The summed E-state index contributed by atoms with van der Waals surface area (Å²) in [5, 5.41) is 19.8. The highest BCUT2D eigenvalue weighted by Gasteiger charge is 2.13. The van der Waals surface area contributed by atoms with E-state index in [1.807, 2.05) is 0 Å². The van der Waals surface area contributed by atoms with Crippen LogP contribution in [0.1, 0.15) is 14.4 Å². The molecule has 0 saturated heterocycles. The number of hydrogen-bond acceptors (Lipinski definition) is 3. The summed E-state index contributed by atoms with van der Waals surface area (Å²) >= 11 is 3.16. The lowest BCUT2D eigenvalue weighted by Gasteiger charge is -2.05. The Morgan fingerprint density at radius 3 is 2.62 bits per heavy atom. The van der Waals surface area contributed by atoms with Crippen molar-refractivity contribution < 1.29 is 12.8 Å². The van der Waals surface area contributed by atoms with Gasteiger partial charge in [-0.05, 0) is 17.7 Å². The average Bonchev–Trinajstić information content (AvgIpc) is 2.17. The average molecular weight is 248 g/mol. The largest absolute Gasteiger partial charge is 0.382 e. The summed E-state index contributed by atoms with van der Waals surface area (Å²) in [4.78, 5) is 9.22. The van der Waals surface area contributed by atoms with Crippen molar-refractivity contribution >= 4 is 15.9 Å². The Bertz CT molecular complexity index is 369. The maximum atomic E-state index is 10.4. The van der Waals surface area contributed by atoms with Gasteiger partial charge >= 0.3 is 0 Å². The van der Waals surface area contributed by atoms with Gasteiger partial charge in [-0.1, -0.05) is 28.1 Å². The normalized spacial score (nSPS) is 15.8. The third-order valence-electron chi connectivity index (χ3n) is 1.41. The molecule has 0 amide bonds. The van der Waals surface area contributed by atoms with Crippen LogP contribution < -0.4 is 0 Å². The molecule has 4 nitrogen and oxygen atoms in total. The lowest BCUT2D eigenvalue weighted by molar-refractivity contribution is -0.491. The van der Waals surface area contributed by atoms with Gasteiger partial charge in [-0.15, -0.1) is 0 Å². The maximum absolute atomic E-state index is 10.4. The van der Waals surface area contributed by atoms with Crippen LogP contribution in [-0.4, -0.2) is 16.5 Å². The Morgan fingerprint density at radius 2 is 2.15 bits per heavy atom. The molecule has 0 spiro atoms. The van der Waals surface area contributed by atoms with Gasteiger partial charge in [-0.25, -0.2) is 0 Å². The monoisotopic (exact) mass is 247 g/mol. The second kappa shape index (κ2) is 4.34. The Balaban J connectivity index is 2.99. The predicted molar refractivity (Wildman–Crippen MR) is 51.0 cm³/mol. The molecule has 0 radical (unpaired) electrons.